The minimum Gasteiger partial charge on any atom is -0.489 e. The molecule has 1 unspecified atom stereocenters. The summed E-state index contributed by atoms with van der Waals surface area (Å²) < 4.78 is 6.82. The number of nitrogens with two attached hydrogens (primary N) is 1. The van der Waals surface area contributed by atoms with Crippen LogP contribution in [0.4, 0.5) is 0 Å². The predicted molar refractivity (Wildman–Crippen MR) is 82.5 cm³/mol. The summed E-state index contributed by atoms with van der Waals surface area (Å²) in [6, 6.07) is 13.4. The molecule has 2 nitrogen and oxygen atoms in total. The summed E-state index contributed by atoms with van der Waals surface area (Å²) >= 11 is 9.39. The van der Waals surface area contributed by atoms with Gasteiger partial charge in [0, 0.05) is 21.1 Å². The van der Waals surface area contributed by atoms with E-state index in [2.05, 4.69) is 15.9 Å². The lowest BCUT2D eigenvalue weighted by Gasteiger charge is -2.14. The highest BCUT2D eigenvalue weighted by Gasteiger charge is 2.09. The van der Waals surface area contributed by atoms with Gasteiger partial charge in [0.2, 0.25) is 0 Å². The summed E-state index contributed by atoms with van der Waals surface area (Å²) in [7, 11) is 0. The maximum Gasteiger partial charge on any atom is 0.125 e. The van der Waals surface area contributed by atoms with Crippen LogP contribution in [0.25, 0.3) is 0 Å². The summed E-state index contributed by atoms with van der Waals surface area (Å²) in [5.74, 6) is 0.796. The van der Waals surface area contributed by atoms with Crippen LogP contribution in [0.15, 0.2) is 46.9 Å². The van der Waals surface area contributed by atoms with Gasteiger partial charge < -0.3 is 10.5 Å². The van der Waals surface area contributed by atoms with Crippen LogP contribution in [-0.4, -0.2) is 0 Å². The molecule has 0 bridgehead atoms. The summed E-state index contributed by atoms with van der Waals surface area (Å²) in [4.78, 5) is 0. The van der Waals surface area contributed by atoms with Gasteiger partial charge in [-0.15, -0.1) is 0 Å². The fraction of sp³-hybridized carbons (Fsp3) is 0.200. The number of hydrogen-bond acceptors (Lipinski definition) is 2. The molecule has 0 amide bonds. The molecule has 0 aliphatic rings. The molecule has 0 spiro atoms. The van der Waals surface area contributed by atoms with Crippen LogP contribution >= 0.6 is 27.5 Å². The van der Waals surface area contributed by atoms with Crippen LogP contribution in [0.1, 0.15) is 24.1 Å². The minimum atomic E-state index is -0.0672. The Morgan fingerprint density at radius 3 is 2.74 bits per heavy atom. The number of ether oxygens (including phenoxy) is 1. The van der Waals surface area contributed by atoms with E-state index in [4.69, 9.17) is 22.1 Å². The maximum atomic E-state index is 5.95. The summed E-state index contributed by atoms with van der Waals surface area (Å²) in [5, 5.41) is 0.711. The van der Waals surface area contributed by atoms with Crippen molar-refractivity contribution in [2.45, 2.75) is 19.6 Å². The maximum absolute atomic E-state index is 5.95. The topological polar surface area (TPSA) is 35.2 Å². The third-order valence-electron chi connectivity index (χ3n) is 2.75. The Bertz CT molecular complexity index is 572. The minimum absolute atomic E-state index is 0.0672. The SMILES string of the molecule is CC(N)c1ccc(Br)cc1OCc1cccc(Cl)c1. The lowest BCUT2D eigenvalue weighted by molar-refractivity contribution is 0.301. The number of rotatable bonds is 4. The van der Waals surface area contributed by atoms with Gasteiger partial charge in [0.1, 0.15) is 12.4 Å². The van der Waals surface area contributed by atoms with Crippen molar-refractivity contribution in [3.05, 3.63) is 63.1 Å². The Morgan fingerprint density at radius 2 is 2.05 bits per heavy atom. The molecule has 2 rings (SSSR count). The van der Waals surface area contributed by atoms with E-state index in [1.165, 1.54) is 0 Å². The van der Waals surface area contributed by atoms with E-state index in [-0.39, 0.29) is 6.04 Å². The molecule has 1 atom stereocenters. The zero-order chi connectivity index (χ0) is 13.8. The Hall–Kier alpha value is -1.03. The van der Waals surface area contributed by atoms with Gasteiger partial charge in [-0.2, -0.15) is 0 Å². The zero-order valence-electron chi connectivity index (χ0n) is 10.6. The van der Waals surface area contributed by atoms with E-state index in [1.54, 1.807) is 0 Å². The first-order valence-electron chi connectivity index (χ1n) is 5.98. The second-order valence-corrected chi connectivity index (χ2v) is 5.74. The van der Waals surface area contributed by atoms with Crippen LogP contribution in [0.5, 0.6) is 5.75 Å². The van der Waals surface area contributed by atoms with Crippen molar-refractivity contribution >= 4 is 27.5 Å². The normalized spacial score (nSPS) is 12.2. The van der Waals surface area contributed by atoms with E-state index >= 15 is 0 Å². The Morgan fingerprint density at radius 1 is 1.26 bits per heavy atom. The summed E-state index contributed by atoms with van der Waals surface area (Å²) in [6.45, 7) is 2.41. The third-order valence-corrected chi connectivity index (χ3v) is 3.48. The van der Waals surface area contributed by atoms with Gasteiger partial charge in [-0.1, -0.05) is 45.7 Å². The number of halogens is 2. The van der Waals surface area contributed by atoms with Crippen molar-refractivity contribution in [2.24, 2.45) is 5.73 Å². The number of benzene rings is 2. The third kappa shape index (κ3) is 3.96. The highest BCUT2D eigenvalue weighted by molar-refractivity contribution is 9.10. The van der Waals surface area contributed by atoms with Gasteiger partial charge in [0.15, 0.2) is 0 Å². The zero-order valence-corrected chi connectivity index (χ0v) is 12.9. The van der Waals surface area contributed by atoms with Gasteiger partial charge in [-0.05, 0) is 36.8 Å². The van der Waals surface area contributed by atoms with E-state index < -0.39 is 0 Å². The average molecular weight is 341 g/mol. The first-order valence-corrected chi connectivity index (χ1v) is 7.15. The Balaban J connectivity index is 2.17. The van der Waals surface area contributed by atoms with E-state index in [0.29, 0.717) is 11.6 Å². The fourth-order valence-electron chi connectivity index (χ4n) is 1.80. The monoisotopic (exact) mass is 339 g/mol. The summed E-state index contributed by atoms with van der Waals surface area (Å²) in [6.07, 6.45) is 0. The van der Waals surface area contributed by atoms with Crippen LogP contribution in [-0.2, 0) is 6.61 Å². The molecule has 0 heterocycles. The van der Waals surface area contributed by atoms with Crippen LogP contribution < -0.4 is 10.5 Å². The summed E-state index contributed by atoms with van der Waals surface area (Å²) in [5.41, 5.74) is 7.96. The Labute approximate surface area is 126 Å². The van der Waals surface area contributed by atoms with E-state index in [0.717, 1.165) is 21.3 Å². The van der Waals surface area contributed by atoms with E-state index in [9.17, 15) is 0 Å². The second kappa shape index (κ2) is 6.42. The second-order valence-electron chi connectivity index (χ2n) is 4.39. The number of hydrogen-bond donors (Lipinski definition) is 1. The molecule has 0 saturated carbocycles. The van der Waals surface area contributed by atoms with Crippen molar-refractivity contribution in [3.8, 4) is 5.75 Å². The standard InChI is InChI=1S/C15H15BrClNO/c1-10(18)14-6-5-12(16)8-15(14)19-9-11-3-2-4-13(17)7-11/h2-8,10H,9,18H2,1H3. The highest BCUT2D eigenvalue weighted by Crippen LogP contribution is 2.28. The lowest BCUT2D eigenvalue weighted by atomic mass is 10.1. The molecule has 0 aliphatic heterocycles. The molecule has 2 aromatic rings. The molecule has 4 heteroatoms. The van der Waals surface area contributed by atoms with Crippen molar-refractivity contribution < 1.29 is 4.74 Å². The molecule has 0 aliphatic carbocycles. The van der Waals surface area contributed by atoms with Crippen molar-refractivity contribution in [3.63, 3.8) is 0 Å². The van der Waals surface area contributed by atoms with Gasteiger partial charge >= 0.3 is 0 Å². The molecule has 2 N–H and O–H groups in total. The molecule has 0 fully saturated rings. The van der Waals surface area contributed by atoms with Crippen LogP contribution in [0.2, 0.25) is 5.02 Å². The van der Waals surface area contributed by atoms with E-state index in [1.807, 2.05) is 49.4 Å². The Kier molecular flexibility index (Phi) is 4.86. The largest absolute Gasteiger partial charge is 0.489 e. The van der Waals surface area contributed by atoms with Gasteiger partial charge in [0.05, 0.1) is 0 Å². The van der Waals surface area contributed by atoms with Crippen LogP contribution in [0, 0.1) is 0 Å². The highest BCUT2D eigenvalue weighted by atomic mass is 79.9. The first-order chi connectivity index (χ1) is 9.06. The van der Waals surface area contributed by atoms with Crippen molar-refractivity contribution in [2.75, 3.05) is 0 Å². The predicted octanol–water partition coefficient (Wildman–Crippen LogP) is 4.70. The quantitative estimate of drug-likeness (QED) is 0.875. The van der Waals surface area contributed by atoms with Crippen LogP contribution in [0.3, 0.4) is 0 Å². The molecule has 0 aromatic heterocycles. The lowest BCUT2D eigenvalue weighted by Crippen LogP contribution is -2.08. The fourth-order valence-corrected chi connectivity index (χ4v) is 2.35. The van der Waals surface area contributed by atoms with Crippen molar-refractivity contribution in [1.82, 2.24) is 0 Å². The average Bonchev–Trinajstić information content (AvgIpc) is 2.36. The molecular weight excluding hydrogens is 326 g/mol. The molecule has 100 valence electrons. The molecular formula is C15H15BrClNO. The molecule has 0 saturated heterocycles. The molecule has 2 aromatic carbocycles. The van der Waals surface area contributed by atoms with Gasteiger partial charge in [0.25, 0.3) is 0 Å². The van der Waals surface area contributed by atoms with Gasteiger partial charge in [-0.25, -0.2) is 0 Å². The first kappa shape index (κ1) is 14.4. The van der Waals surface area contributed by atoms with Crippen molar-refractivity contribution in [1.29, 1.82) is 0 Å². The smallest absolute Gasteiger partial charge is 0.125 e. The molecule has 0 radical (unpaired) electrons. The van der Waals surface area contributed by atoms with Gasteiger partial charge in [-0.3, -0.25) is 0 Å². The molecule has 19 heavy (non-hydrogen) atoms.